The van der Waals surface area contributed by atoms with Crippen LogP contribution in [0.3, 0.4) is 0 Å². The number of hydrogen-bond acceptors (Lipinski definition) is 3. The molecule has 1 N–H and O–H groups in total. The largest absolute Gasteiger partial charge is 0.465 e. The molecule has 0 aliphatic rings. The number of carboxylic acid groups (broad SMARTS) is 1. The highest BCUT2D eigenvalue weighted by Gasteiger charge is 2.39. The van der Waals surface area contributed by atoms with E-state index in [1.165, 1.54) is 17.0 Å². The summed E-state index contributed by atoms with van der Waals surface area (Å²) in [5, 5.41) is 17.2. The maximum absolute atomic E-state index is 13.9. The van der Waals surface area contributed by atoms with Gasteiger partial charge in [-0.15, -0.1) is 0 Å². The Bertz CT molecular complexity index is 1250. The van der Waals surface area contributed by atoms with E-state index in [1.807, 2.05) is 52.0 Å². The maximum Gasteiger partial charge on any atom is 0.408 e. The summed E-state index contributed by atoms with van der Waals surface area (Å²) >= 11 is 0. The summed E-state index contributed by atoms with van der Waals surface area (Å²) in [6.45, 7) is 7.38. The van der Waals surface area contributed by atoms with Crippen LogP contribution in [0.5, 0.6) is 0 Å². The maximum atomic E-state index is 13.9. The Balaban J connectivity index is 2.11. The zero-order chi connectivity index (χ0) is 21.6. The molecule has 0 aliphatic carbocycles. The minimum atomic E-state index is -1.02. The van der Waals surface area contributed by atoms with Crippen molar-refractivity contribution in [2.45, 2.75) is 39.3 Å². The van der Waals surface area contributed by atoms with Gasteiger partial charge in [0.25, 0.3) is 0 Å². The molecule has 0 unspecified atom stereocenters. The first-order chi connectivity index (χ1) is 14.2. The van der Waals surface area contributed by atoms with Crippen molar-refractivity contribution in [2.75, 3.05) is 0 Å². The number of hydrogen-bond donors (Lipinski definition) is 1. The summed E-state index contributed by atoms with van der Waals surface area (Å²) in [5.74, 6) is -0.321. The third kappa shape index (κ3) is 3.07. The van der Waals surface area contributed by atoms with Crippen molar-refractivity contribution in [2.24, 2.45) is 0 Å². The molecule has 2 aromatic carbocycles. The van der Waals surface area contributed by atoms with E-state index < -0.39 is 11.6 Å². The van der Waals surface area contributed by atoms with Crippen molar-refractivity contribution >= 4 is 27.8 Å². The van der Waals surface area contributed by atoms with Gasteiger partial charge in [0.2, 0.25) is 0 Å². The van der Waals surface area contributed by atoms with Crippen LogP contribution in [0, 0.1) is 5.82 Å². The molecular weight excluding hydrogens is 383 g/mol. The highest BCUT2D eigenvalue weighted by atomic mass is 19.1. The lowest BCUT2D eigenvalue weighted by Crippen LogP contribution is -2.49. The Hall–Kier alpha value is -3.48. The summed E-state index contributed by atoms with van der Waals surface area (Å²) < 4.78 is 15.7. The van der Waals surface area contributed by atoms with Gasteiger partial charge >= 0.3 is 6.09 Å². The molecule has 2 aromatic heterocycles. The van der Waals surface area contributed by atoms with E-state index in [2.05, 4.69) is 4.98 Å². The zero-order valence-electron chi connectivity index (χ0n) is 17.3. The monoisotopic (exact) mass is 406 g/mol. The molecule has 0 radical (unpaired) electrons. The molecule has 6 nitrogen and oxygen atoms in total. The summed E-state index contributed by atoms with van der Waals surface area (Å²) in [4.78, 5) is 17.6. The molecule has 1 amide bonds. The number of halogens is 1. The standard InChI is InChI=1S/C23H23FN4O2/c1-14(2)27(22(29)30)23(3,4)21-20-18-7-6-16(24)13-15(18)5-8-19(20)28(26-21)17-9-11-25-12-10-17/h5-14H,1-4H3,(H,29,30). The molecule has 0 spiro atoms. The van der Waals surface area contributed by atoms with Crippen molar-refractivity contribution in [3.05, 3.63) is 66.4 Å². The fraction of sp³-hybridized carbons (Fsp3) is 0.261. The summed E-state index contributed by atoms with van der Waals surface area (Å²) in [6.07, 6.45) is 2.34. The minimum Gasteiger partial charge on any atom is -0.465 e. The quantitative estimate of drug-likeness (QED) is 0.497. The zero-order valence-corrected chi connectivity index (χ0v) is 17.3. The molecule has 0 bridgehead atoms. The second-order valence-electron chi connectivity index (χ2n) is 8.10. The third-order valence-electron chi connectivity index (χ3n) is 5.44. The highest BCUT2D eigenvalue weighted by Crippen LogP contribution is 2.38. The second kappa shape index (κ2) is 7.09. The van der Waals surface area contributed by atoms with E-state index >= 15 is 0 Å². The van der Waals surface area contributed by atoms with Crippen LogP contribution in [0.25, 0.3) is 27.4 Å². The molecule has 0 saturated carbocycles. The van der Waals surface area contributed by atoms with Crippen LogP contribution in [0.15, 0.2) is 54.9 Å². The fourth-order valence-corrected chi connectivity index (χ4v) is 4.25. The third-order valence-corrected chi connectivity index (χ3v) is 5.44. The number of amides is 1. The number of aromatic nitrogens is 3. The first-order valence-electron chi connectivity index (χ1n) is 9.76. The van der Waals surface area contributed by atoms with Crippen LogP contribution in [0.1, 0.15) is 33.4 Å². The topological polar surface area (TPSA) is 71.2 Å². The predicted octanol–water partition coefficient (Wildman–Crippen LogP) is 5.34. The Morgan fingerprint density at radius 3 is 2.47 bits per heavy atom. The molecule has 4 rings (SSSR count). The second-order valence-corrected chi connectivity index (χ2v) is 8.10. The molecule has 4 aromatic rings. The fourth-order valence-electron chi connectivity index (χ4n) is 4.25. The van der Waals surface area contributed by atoms with E-state index in [1.54, 1.807) is 23.1 Å². The van der Waals surface area contributed by atoms with Crippen LogP contribution >= 0.6 is 0 Å². The first-order valence-corrected chi connectivity index (χ1v) is 9.76. The summed E-state index contributed by atoms with van der Waals surface area (Å²) in [6, 6.07) is 11.8. The van der Waals surface area contributed by atoms with Gasteiger partial charge in [0, 0.05) is 23.8 Å². The van der Waals surface area contributed by atoms with Gasteiger partial charge in [0.1, 0.15) is 5.82 Å². The van der Waals surface area contributed by atoms with Crippen molar-refractivity contribution < 1.29 is 14.3 Å². The van der Waals surface area contributed by atoms with E-state index in [4.69, 9.17) is 5.10 Å². The lowest BCUT2D eigenvalue weighted by molar-refractivity contribution is 0.0692. The van der Waals surface area contributed by atoms with Gasteiger partial charge < -0.3 is 5.11 Å². The SMILES string of the molecule is CC(C)N(C(=O)O)C(C)(C)c1nn(-c2ccncc2)c2ccc3cc(F)ccc3c12. The number of benzene rings is 2. The Morgan fingerprint density at radius 1 is 1.13 bits per heavy atom. The molecule has 0 fully saturated rings. The van der Waals surface area contributed by atoms with Gasteiger partial charge in [-0.25, -0.2) is 13.9 Å². The predicted molar refractivity (Wildman–Crippen MR) is 114 cm³/mol. The lowest BCUT2D eigenvalue weighted by atomic mass is 9.92. The Morgan fingerprint density at radius 2 is 1.83 bits per heavy atom. The number of rotatable bonds is 4. The van der Waals surface area contributed by atoms with Gasteiger partial charge in [-0.1, -0.05) is 12.1 Å². The van der Waals surface area contributed by atoms with Gasteiger partial charge in [-0.3, -0.25) is 9.88 Å². The summed E-state index contributed by atoms with van der Waals surface area (Å²) in [7, 11) is 0. The molecular formula is C23H23FN4O2. The molecule has 0 saturated heterocycles. The van der Waals surface area contributed by atoms with Gasteiger partial charge in [-0.2, -0.15) is 5.10 Å². The van der Waals surface area contributed by atoms with Crippen molar-refractivity contribution in [1.29, 1.82) is 0 Å². The highest BCUT2D eigenvalue weighted by molar-refractivity contribution is 6.08. The number of carbonyl (C=O) groups is 1. The van der Waals surface area contributed by atoms with E-state index in [-0.39, 0.29) is 11.9 Å². The average molecular weight is 406 g/mol. The van der Waals surface area contributed by atoms with Crippen LogP contribution in [-0.2, 0) is 5.54 Å². The molecule has 0 atom stereocenters. The normalized spacial score (nSPS) is 12.1. The molecule has 30 heavy (non-hydrogen) atoms. The minimum absolute atomic E-state index is 0.258. The van der Waals surface area contributed by atoms with E-state index in [0.717, 1.165) is 27.4 Å². The molecule has 0 aliphatic heterocycles. The average Bonchev–Trinajstić information content (AvgIpc) is 3.08. The van der Waals surface area contributed by atoms with Crippen molar-refractivity contribution in [3.8, 4) is 5.69 Å². The van der Waals surface area contributed by atoms with E-state index in [9.17, 15) is 14.3 Å². The van der Waals surface area contributed by atoms with Crippen molar-refractivity contribution in [3.63, 3.8) is 0 Å². The van der Waals surface area contributed by atoms with Crippen LogP contribution in [0.4, 0.5) is 9.18 Å². The van der Waals surface area contributed by atoms with Crippen LogP contribution < -0.4 is 0 Å². The molecule has 7 heteroatoms. The summed E-state index contributed by atoms with van der Waals surface area (Å²) in [5.41, 5.74) is 1.31. The first kappa shape index (κ1) is 19.8. The van der Waals surface area contributed by atoms with Gasteiger partial charge in [0.05, 0.1) is 22.4 Å². The Kier molecular flexibility index (Phi) is 4.68. The molecule has 154 valence electrons. The van der Waals surface area contributed by atoms with Crippen LogP contribution in [-0.4, -0.2) is 36.9 Å². The van der Waals surface area contributed by atoms with Crippen molar-refractivity contribution in [1.82, 2.24) is 19.7 Å². The Labute approximate surface area is 173 Å². The molecule has 2 heterocycles. The number of fused-ring (bicyclic) bond motifs is 3. The number of pyridine rings is 1. The van der Waals surface area contributed by atoms with Gasteiger partial charge in [0.15, 0.2) is 0 Å². The van der Waals surface area contributed by atoms with Gasteiger partial charge in [-0.05, 0) is 68.8 Å². The lowest BCUT2D eigenvalue weighted by Gasteiger charge is -2.38. The van der Waals surface area contributed by atoms with E-state index in [0.29, 0.717) is 5.69 Å². The smallest absolute Gasteiger partial charge is 0.408 e. The van der Waals surface area contributed by atoms with Crippen LogP contribution in [0.2, 0.25) is 0 Å². The number of nitrogens with zero attached hydrogens (tertiary/aromatic N) is 4.